The van der Waals surface area contributed by atoms with Crippen LogP contribution in [-0.2, 0) is 4.79 Å². The summed E-state index contributed by atoms with van der Waals surface area (Å²) in [5.41, 5.74) is 1.58. The maximum Gasteiger partial charge on any atom is 0.229 e. The predicted octanol–water partition coefficient (Wildman–Crippen LogP) is 3.18. The highest BCUT2D eigenvalue weighted by atomic mass is 35.5. The highest BCUT2D eigenvalue weighted by Crippen LogP contribution is 2.29. The molecule has 0 fully saturated rings. The molecule has 1 amide bonds. The van der Waals surface area contributed by atoms with Crippen molar-refractivity contribution >= 4 is 41.7 Å². The second-order valence-electron chi connectivity index (χ2n) is 4.95. The number of thioether (sulfide) groups is 1. The summed E-state index contributed by atoms with van der Waals surface area (Å²) < 4.78 is 5.85. The number of ether oxygens (including phenoxy) is 1. The van der Waals surface area contributed by atoms with Crippen LogP contribution < -0.4 is 10.1 Å². The lowest BCUT2D eigenvalue weighted by atomic mass is 10.2. The van der Waals surface area contributed by atoms with E-state index in [0.717, 1.165) is 28.3 Å². The highest BCUT2D eigenvalue weighted by molar-refractivity contribution is 7.98. The maximum atomic E-state index is 11.4. The number of aliphatic imine (C=N–C) groups is 2. The van der Waals surface area contributed by atoms with Crippen molar-refractivity contribution in [2.45, 2.75) is 24.7 Å². The lowest BCUT2D eigenvalue weighted by Crippen LogP contribution is -2.33. The van der Waals surface area contributed by atoms with Gasteiger partial charge >= 0.3 is 0 Å². The first-order valence-electron chi connectivity index (χ1n) is 7.20. The van der Waals surface area contributed by atoms with Crippen molar-refractivity contribution in [3.05, 3.63) is 35.5 Å². The maximum absolute atomic E-state index is 11.4. The first-order chi connectivity index (χ1) is 10.7. The molecule has 0 radical (unpaired) electrons. The molecule has 3 rings (SSSR count). The molecule has 2 aliphatic heterocycles. The normalized spacial score (nSPS) is 15.7. The van der Waals surface area contributed by atoms with E-state index < -0.39 is 0 Å². The predicted molar refractivity (Wildman–Crippen MR) is 96.1 cm³/mol. The number of benzene rings is 1. The first-order valence-corrected chi connectivity index (χ1v) is 8.42. The number of amidine groups is 2. The highest BCUT2D eigenvalue weighted by Gasteiger charge is 2.24. The molecule has 2 heterocycles. The Morgan fingerprint density at radius 2 is 2.17 bits per heavy atom. The van der Waals surface area contributed by atoms with Crippen LogP contribution in [-0.4, -0.2) is 30.4 Å². The van der Waals surface area contributed by atoms with E-state index in [2.05, 4.69) is 22.2 Å². The molecule has 1 aromatic rings. The van der Waals surface area contributed by atoms with Crippen LogP contribution in [0.4, 0.5) is 0 Å². The van der Waals surface area contributed by atoms with E-state index in [4.69, 9.17) is 4.74 Å². The van der Waals surface area contributed by atoms with Gasteiger partial charge in [0, 0.05) is 11.3 Å². The van der Waals surface area contributed by atoms with Crippen LogP contribution in [0, 0.1) is 0 Å². The van der Waals surface area contributed by atoms with Crippen LogP contribution in [0.1, 0.15) is 25.3 Å². The van der Waals surface area contributed by atoms with Crippen LogP contribution in [0.3, 0.4) is 0 Å². The van der Waals surface area contributed by atoms with E-state index in [1.807, 2.05) is 24.5 Å². The van der Waals surface area contributed by atoms with Crippen LogP contribution in [0.25, 0.3) is 0 Å². The second kappa shape index (κ2) is 7.66. The quantitative estimate of drug-likeness (QED) is 0.829. The van der Waals surface area contributed by atoms with Gasteiger partial charge in [0.05, 0.1) is 12.2 Å². The zero-order valence-corrected chi connectivity index (χ0v) is 14.6. The number of nitrogens with one attached hydrogen (secondary N) is 1. The Morgan fingerprint density at radius 3 is 2.91 bits per heavy atom. The Hall–Kier alpha value is -1.79. The molecule has 0 aromatic heterocycles. The number of halogens is 1. The van der Waals surface area contributed by atoms with Gasteiger partial charge in [-0.1, -0.05) is 6.92 Å². The summed E-state index contributed by atoms with van der Waals surface area (Å²) >= 11 is 1.66. The van der Waals surface area contributed by atoms with Gasteiger partial charge in [-0.05, 0) is 37.0 Å². The van der Waals surface area contributed by atoms with E-state index in [1.165, 1.54) is 0 Å². The van der Waals surface area contributed by atoms with Crippen molar-refractivity contribution in [2.75, 3.05) is 12.9 Å². The van der Waals surface area contributed by atoms with Crippen LogP contribution in [0.5, 0.6) is 5.75 Å². The zero-order chi connectivity index (χ0) is 15.5. The van der Waals surface area contributed by atoms with E-state index in [9.17, 15) is 4.79 Å². The second-order valence-corrected chi connectivity index (χ2v) is 5.83. The number of nitrogens with zero attached hydrogens (tertiary/aromatic N) is 2. The van der Waals surface area contributed by atoms with E-state index in [0.29, 0.717) is 24.7 Å². The van der Waals surface area contributed by atoms with E-state index in [1.54, 1.807) is 17.8 Å². The average molecular weight is 352 g/mol. The van der Waals surface area contributed by atoms with Crippen LogP contribution in [0.2, 0.25) is 0 Å². The fourth-order valence-corrected chi connectivity index (χ4v) is 2.66. The standard InChI is InChI=1S/C16H17N3O2S.ClH/c1-3-8-21-13-9-10(22-2)4-5-11(13)15-17-12-6-7-14(20)18-16(12)19-15;/h4-6,9H,3,7-8H2,1-2H3,(H,17,18,19,20);1H. The largest absolute Gasteiger partial charge is 0.493 e. The molecule has 0 saturated carbocycles. The zero-order valence-electron chi connectivity index (χ0n) is 13.0. The topological polar surface area (TPSA) is 63.0 Å². The molecule has 0 spiro atoms. The van der Waals surface area contributed by atoms with Gasteiger partial charge in [-0.2, -0.15) is 0 Å². The van der Waals surface area contributed by atoms with Crippen molar-refractivity contribution in [1.82, 2.24) is 5.32 Å². The molecule has 122 valence electrons. The molecule has 23 heavy (non-hydrogen) atoms. The van der Waals surface area contributed by atoms with Gasteiger partial charge in [-0.3, -0.25) is 4.79 Å². The smallest absolute Gasteiger partial charge is 0.229 e. The fraction of sp³-hybridized carbons (Fsp3) is 0.312. The Balaban J connectivity index is 0.00000192. The lowest BCUT2D eigenvalue weighted by Gasteiger charge is -2.11. The monoisotopic (exact) mass is 351 g/mol. The van der Waals surface area contributed by atoms with Gasteiger partial charge in [-0.15, -0.1) is 24.2 Å². The van der Waals surface area contributed by atoms with Gasteiger partial charge in [0.15, 0.2) is 11.7 Å². The summed E-state index contributed by atoms with van der Waals surface area (Å²) in [6.07, 6.45) is 5.11. The summed E-state index contributed by atoms with van der Waals surface area (Å²) in [6.45, 7) is 2.72. The molecule has 7 heteroatoms. The van der Waals surface area contributed by atoms with Crippen molar-refractivity contribution in [2.24, 2.45) is 9.98 Å². The molecule has 1 aromatic carbocycles. The van der Waals surface area contributed by atoms with Gasteiger partial charge in [-0.25, -0.2) is 9.98 Å². The summed E-state index contributed by atoms with van der Waals surface area (Å²) in [7, 11) is 0. The number of hydrogen-bond donors (Lipinski definition) is 1. The van der Waals surface area contributed by atoms with Crippen molar-refractivity contribution in [3.63, 3.8) is 0 Å². The van der Waals surface area contributed by atoms with Gasteiger partial charge in [0.2, 0.25) is 5.91 Å². The molecule has 0 aliphatic carbocycles. The third-order valence-corrected chi connectivity index (χ3v) is 4.04. The summed E-state index contributed by atoms with van der Waals surface area (Å²) in [6, 6.07) is 6.00. The number of carbonyl (C=O) groups is 1. The lowest BCUT2D eigenvalue weighted by molar-refractivity contribution is -0.119. The third kappa shape index (κ3) is 3.76. The number of carbonyl (C=O) groups excluding carboxylic acids is 1. The van der Waals surface area contributed by atoms with Crippen molar-refractivity contribution < 1.29 is 9.53 Å². The molecule has 1 N–H and O–H groups in total. The Kier molecular flexibility index (Phi) is 5.85. The molecular formula is C16H18ClN3O2S. The number of rotatable bonds is 5. The SMILES string of the molecule is CCCOc1cc(SC)ccc1C1=NC2=CCC(=O)NC2=N1.Cl. The molecule has 0 bridgehead atoms. The molecule has 0 saturated heterocycles. The average Bonchev–Trinajstić information content (AvgIpc) is 2.95. The molecular weight excluding hydrogens is 334 g/mol. The number of amides is 1. The molecule has 2 aliphatic rings. The van der Waals surface area contributed by atoms with Crippen molar-refractivity contribution in [3.8, 4) is 5.75 Å². The summed E-state index contributed by atoms with van der Waals surface area (Å²) in [5, 5.41) is 2.75. The Labute approximate surface area is 145 Å². The summed E-state index contributed by atoms with van der Waals surface area (Å²) in [4.78, 5) is 21.5. The minimum absolute atomic E-state index is 0. The Bertz CT molecular complexity index is 713. The number of fused-ring (bicyclic) bond motifs is 1. The van der Waals surface area contributed by atoms with Crippen LogP contribution in [0.15, 0.2) is 44.9 Å². The van der Waals surface area contributed by atoms with Crippen molar-refractivity contribution in [1.29, 1.82) is 0 Å². The van der Waals surface area contributed by atoms with Gasteiger partial charge in [0.1, 0.15) is 11.4 Å². The Morgan fingerprint density at radius 1 is 1.35 bits per heavy atom. The molecule has 0 unspecified atom stereocenters. The third-order valence-electron chi connectivity index (χ3n) is 3.32. The number of hydrogen-bond acceptors (Lipinski definition) is 5. The van der Waals surface area contributed by atoms with Crippen LogP contribution >= 0.6 is 24.2 Å². The molecule has 0 atom stereocenters. The minimum atomic E-state index is -0.0564. The van der Waals surface area contributed by atoms with Gasteiger partial charge in [0.25, 0.3) is 0 Å². The minimum Gasteiger partial charge on any atom is -0.493 e. The van der Waals surface area contributed by atoms with E-state index in [-0.39, 0.29) is 18.3 Å². The fourth-order valence-electron chi connectivity index (χ4n) is 2.23. The first kappa shape index (κ1) is 17.6. The van der Waals surface area contributed by atoms with E-state index >= 15 is 0 Å². The summed E-state index contributed by atoms with van der Waals surface area (Å²) in [5.74, 6) is 1.84. The van der Waals surface area contributed by atoms with Gasteiger partial charge < -0.3 is 10.1 Å². The molecule has 5 nitrogen and oxygen atoms in total.